The summed E-state index contributed by atoms with van der Waals surface area (Å²) in [5, 5.41) is 20.1. The molecule has 0 N–H and O–H groups in total. The van der Waals surface area contributed by atoms with Gasteiger partial charge < -0.3 is 19.8 Å². The van der Waals surface area contributed by atoms with E-state index in [9.17, 15) is 29.4 Å². The van der Waals surface area contributed by atoms with Gasteiger partial charge in [0.25, 0.3) is 0 Å². The number of carboxylic acids is 2. The fourth-order valence-corrected chi connectivity index (χ4v) is 1.71. The molecule has 7 heteroatoms. The summed E-state index contributed by atoms with van der Waals surface area (Å²) in [6, 6.07) is 16.6. The molecule has 0 aliphatic carbocycles. The Bertz CT molecular complexity index is 649. The number of carbonyl (C=O) groups excluding carboxylic acids is 4. The first kappa shape index (κ1) is 22.2. The summed E-state index contributed by atoms with van der Waals surface area (Å²) in [5.74, 6) is -3.53. The van der Waals surface area contributed by atoms with Crippen LogP contribution in [0.5, 0.6) is 0 Å². The SMILES string of the molecule is O=C([O-])CC(=O)c1ccccc1.O=C([O-])CC(=O)c1ccccc1.[Cu+2]. The number of ketones is 2. The van der Waals surface area contributed by atoms with Crippen LogP contribution in [0.4, 0.5) is 0 Å². The third-order valence-corrected chi connectivity index (χ3v) is 2.80. The molecule has 25 heavy (non-hydrogen) atoms. The van der Waals surface area contributed by atoms with Crippen molar-refractivity contribution in [2.45, 2.75) is 12.8 Å². The van der Waals surface area contributed by atoms with E-state index in [-0.39, 0.29) is 17.1 Å². The molecule has 6 nitrogen and oxygen atoms in total. The summed E-state index contributed by atoms with van der Waals surface area (Å²) in [5.41, 5.74) is 0.809. The van der Waals surface area contributed by atoms with Gasteiger partial charge in [0.2, 0.25) is 0 Å². The van der Waals surface area contributed by atoms with Crippen molar-refractivity contribution >= 4 is 23.5 Å². The Morgan fingerprint density at radius 3 is 1.12 bits per heavy atom. The molecule has 0 atom stereocenters. The predicted molar refractivity (Wildman–Crippen MR) is 80.8 cm³/mol. The van der Waals surface area contributed by atoms with Crippen molar-refractivity contribution in [3.63, 3.8) is 0 Å². The molecular formula is C18H14CuO6. The number of benzene rings is 2. The maximum atomic E-state index is 11.0. The van der Waals surface area contributed by atoms with Crippen LogP contribution in [0.2, 0.25) is 0 Å². The molecule has 2 aromatic rings. The topological polar surface area (TPSA) is 114 Å². The van der Waals surface area contributed by atoms with Crippen LogP contribution >= 0.6 is 0 Å². The summed E-state index contributed by atoms with van der Waals surface area (Å²) < 4.78 is 0. The third-order valence-electron chi connectivity index (χ3n) is 2.80. The zero-order valence-corrected chi connectivity index (χ0v) is 13.9. The molecule has 0 heterocycles. The van der Waals surface area contributed by atoms with Crippen molar-refractivity contribution in [2.75, 3.05) is 0 Å². The van der Waals surface area contributed by atoms with Gasteiger partial charge in [-0.15, -0.1) is 0 Å². The van der Waals surface area contributed by atoms with E-state index < -0.39 is 36.3 Å². The molecule has 0 aromatic heterocycles. The van der Waals surface area contributed by atoms with E-state index in [2.05, 4.69) is 0 Å². The Hall–Kier alpha value is -2.76. The second kappa shape index (κ2) is 11.7. The summed E-state index contributed by atoms with van der Waals surface area (Å²) in [4.78, 5) is 42.2. The van der Waals surface area contributed by atoms with E-state index in [0.717, 1.165) is 0 Å². The third kappa shape index (κ3) is 9.20. The van der Waals surface area contributed by atoms with Crippen LogP contribution in [0.25, 0.3) is 0 Å². The van der Waals surface area contributed by atoms with Gasteiger partial charge in [0, 0.05) is 23.1 Å². The molecule has 0 amide bonds. The number of Topliss-reactive ketones (excluding diaryl/α,β-unsaturated/α-hetero) is 2. The van der Waals surface area contributed by atoms with Crippen LogP contribution in [0.1, 0.15) is 33.6 Å². The predicted octanol–water partition coefficient (Wildman–Crippen LogP) is 0.0161. The smallest absolute Gasteiger partial charge is 0.550 e. The molecule has 0 saturated heterocycles. The van der Waals surface area contributed by atoms with Crippen molar-refractivity contribution < 1.29 is 46.5 Å². The minimum absolute atomic E-state index is 0. The fourth-order valence-electron chi connectivity index (χ4n) is 1.71. The van der Waals surface area contributed by atoms with Crippen LogP contribution in [0.15, 0.2) is 60.7 Å². The molecule has 133 valence electrons. The standard InChI is InChI=1S/2C9H8O3.Cu/c2*10-8(6-9(11)12)7-4-2-1-3-5-7;/h2*1-5H,6H2,(H,11,12);/q;;+2/p-2. The number of aliphatic carboxylic acids is 2. The molecular weight excluding hydrogens is 376 g/mol. The zero-order valence-electron chi connectivity index (χ0n) is 12.9. The average molecular weight is 390 g/mol. The molecule has 0 fully saturated rings. The quantitative estimate of drug-likeness (QED) is 0.390. The van der Waals surface area contributed by atoms with Gasteiger partial charge in [-0.05, 0) is 0 Å². The van der Waals surface area contributed by atoms with Gasteiger partial charge in [0.1, 0.15) is 0 Å². The number of hydrogen-bond donors (Lipinski definition) is 0. The average Bonchev–Trinajstić information content (AvgIpc) is 2.56. The monoisotopic (exact) mass is 389 g/mol. The first-order chi connectivity index (χ1) is 11.4. The summed E-state index contributed by atoms with van der Waals surface area (Å²) >= 11 is 0. The number of carboxylic acid groups (broad SMARTS) is 2. The minimum Gasteiger partial charge on any atom is -0.550 e. The largest absolute Gasteiger partial charge is 2.00 e. The van der Waals surface area contributed by atoms with Crippen LogP contribution in [0.3, 0.4) is 0 Å². The zero-order chi connectivity index (χ0) is 17.9. The van der Waals surface area contributed by atoms with Gasteiger partial charge in [-0.2, -0.15) is 0 Å². The molecule has 2 rings (SSSR count). The fraction of sp³-hybridized carbons (Fsp3) is 0.111. The van der Waals surface area contributed by atoms with Gasteiger partial charge in [-0.3, -0.25) is 9.59 Å². The van der Waals surface area contributed by atoms with E-state index >= 15 is 0 Å². The maximum absolute atomic E-state index is 11.0. The Balaban J connectivity index is 0.000000443. The van der Waals surface area contributed by atoms with Crippen molar-refractivity contribution in [3.8, 4) is 0 Å². The van der Waals surface area contributed by atoms with Gasteiger partial charge in [-0.25, -0.2) is 0 Å². The second-order valence-corrected chi connectivity index (χ2v) is 4.68. The van der Waals surface area contributed by atoms with Crippen LogP contribution in [-0.4, -0.2) is 23.5 Å². The minimum atomic E-state index is -1.34. The summed E-state index contributed by atoms with van der Waals surface area (Å²) in [6.45, 7) is 0. The molecule has 2 aromatic carbocycles. The Morgan fingerprint density at radius 1 is 0.600 bits per heavy atom. The van der Waals surface area contributed by atoms with Crippen LogP contribution in [0, 0.1) is 0 Å². The van der Waals surface area contributed by atoms with Crippen molar-refractivity contribution in [1.29, 1.82) is 0 Å². The molecule has 0 unspecified atom stereocenters. The van der Waals surface area contributed by atoms with Crippen molar-refractivity contribution in [3.05, 3.63) is 71.8 Å². The Kier molecular flexibility index (Phi) is 10.4. The Morgan fingerprint density at radius 2 is 0.880 bits per heavy atom. The molecule has 0 saturated carbocycles. The molecule has 0 aliphatic heterocycles. The van der Waals surface area contributed by atoms with Gasteiger partial charge in [0.05, 0.1) is 12.8 Å². The molecule has 0 bridgehead atoms. The summed E-state index contributed by atoms with van der Waals surface area (Å²) in [6.07, 6.45) is -1.10. The van der Waals surface area contributed by atoms with Gasteiger partial charge >= 0.3 is 17.1 Å². The first-order valence-corrected chi connectivity index (χ1v) is 6.96. The van der Waals surface area contributed by atoms with Crippen LogP contribution < -0.4 is 10.2 Å². The Labute approximate surface area is 155 Å². The van der Waals surface area contributed by atoms with E-state index in [1.165, 1.54) is 0 Å². The van der Waals surface area contributed by atoms with Crippen molar-refractivity contribution in [2.24, 2.45) is 0 Å². The van der Waals surface area contributed by atoms with Crippen molar-refractivity contribution in [1.82, 2.24) is 0 Å². The number of hydrogen-bond acceptors (Lipinski definition) is 6. The van der Waals surface area contributed by atoms with E-state index in [0.29, 0.717) is 11.1 Å². The molecule has 1 radical (unpaired) electrons. The van der Waals surface area contributed by atoms with E-state index in [1.807, 2.05) is 0 Å². The summed E-state index contributed by atoms with van der Waals surface area (Å²) in [7, 11) is 0. The normalized spacial score (nSPS) is 8.96. The van der Waals surface area contributed by atoms with E-state index in [4.69, 9.17) is 0 Å². The number of rotatable bonds is 6. The second-order valence-electron chi connectivity index (χ2n) is 4.68. The van der Waals surface area contributed by atoms with Gasteiger partial charge in [-0.1, -0.05) is 60.7 Å². The molecule has 0 spiro atoms. The molecule has 0 aliphatic rings. The first-order valence-electron chi connectivity index (χ1n) is 6.96. The number of carbonyl (C=O) groups is 4. The maximum Gasteiger partial charge on any atom is 2.00 e. The van der Waals surface area contributed by atoms with Gasteiger partial charge in [0.15, 0.2) is 11.6 Å². The van der Waals surface area contributed by atoms with E-state index in [1.54, 1.807) is 60.7 Å². The van der Waals surface area contributed by atoms with Crippen LogP contribution in [-0.2, 0) is 26.7 Å².